The van der Waals surface area contributed by atoms with Gasteiger partial charge in [0.1, 0.15) is 22.9 Å². The highest BCUT2D eigenvalue weighted by Crippen LogP contribution is 2.37. The van der Waals surface area contributed by atoms with Gasteiger partial charge in [0.15, 0.2) is 18.1 Å². The van der Waals surface area contributed by atoms with Crippen molar-refractivity contribution in [1.82, 2.24) is 9.38 Å². The second kappa shape index (κ2) is 11.4. The van der Waals surface area contributed by atoms with Crippen molar-refractivity contribution in [2.75, 3.05) is 19.0 Å². The minimum absolute atomic E-state index is 0.247. The van der Waals surface area contributed by atoms with Crippen LogP contribution in [0.4, 0.5) is 5.82 Å². The Morgan fingerprint density at radius 3 is 2.62 bits per heavy atom. The van der Waals surface area contributed by atoms with Gasteiger partial charge in [0, 0.05) is 27.3 Å². The number of pyridine rings is 1. The fourth-order valence-corrected chi connectivity index (χ4v) is 4.99. The Morgan fingerprint density at radius 2 is 1.86 bits per heavy atom. The molecule has 192 valence electrons. The Bertz CT molecular complexity index is 1400. The Hall–Kier alpha value is -3.23. The maximum Gasteiger partial charge on any atom is 0.349 e. The molecule has 0 bridgehead atoms. The topological polar surface area (TPSA) is 74.1 Å². The molecule has 4 aromatic rings. The van der Waals surface area contributed by atoms with E-state index in [1.807, 2.05) is 30.5 Å². The summed E-state index contributed by atoms with van der Waals surface area (Å²) in [4.78, 5) is 17.4. The Labute approximate surface area is 228 Å². The molecule has 9 heteroatoms. The summed E-state index contributed by atoms with van der Waals surface area (Å²) in [6, 6.07) is 16.6. The van der Waals surface area contributed by atoms with Gasteiger partial charge in [-0.25, -0.2) is 9.78 Å². The lowest BCUT2D eigenvalue weighted by atomic mass is 9.95. The third kappa shape index (κ3) is 6.02. The molecule has 1 saturated carbocycles. The number of carbonyl (C=O) groups excluding carboxylic acids is 1. The highest BCUT2D eigenvalue weighted by Gasteiger charge is 2.21. The summed E-state index contributed by atoms with van der Waals surface area (Å²) in [6.45, 7) is -0.247. The first-order chi connectivity index (χ1) is 18.0. The van der Waals surface area contributed by atoms with Crippen LogP contribution in [0.3, 0.4) is 0 Å². The van der Waals surface area contributed by atoms with Gasteiger partial charge in [0.05, 0.1) is 7.11 Å². The van der Waals surface area contributed by atoms with Crippen LogP contribution in [-0.2, 0) is 4.79 Å². The number of ether oxygens (including phenoxy) is 3. The van der Waals surface area contributed by atoms with E-state index >= 15 is 0 Å². The van der Waals surface area contributed by atoms with Gasteiger partial charge in [0.2, 0.25) is 0 Å². The smallest absolute Gasteiger partial charge is 0.349 e. The predicted octanol–water partition coefficient (Wildman–Crippen LogP) is 7.15. The second-order valence-corrected chi connectivity index (χ2v) is 10.3. The molecule has 37 heavy (non-hydrogen) atoms. The molecule has 2 aromatic heterocycles. The van der Waals surface area contributed by atoms with Crippen molar-refractivity contribution in [1.29, 1.82) is 0 Å². The first-order valence-electron chi connectivity index (χ1n) is 12.2. The zero-order valence-corrected chi connectivity index (χ0v) is 22.7. The fraction of sp³-hybridized carbons (Fsp3) is 0.286. The normalized spacial score (nSPS) is 13.9. The van der Waals surface area contributed by atoms with Crippen molar-refractivity contribution < 1.29 is 19.0 Å². The number of nitrogens with zero attached hydrogens (tertiary/aromatic N) is 2. The third-order valence-corrected chi connectivity index (χ3v) is 7.08. The first-order valence-corrected chi connectivity index (χ1v) is 13.4. The number of esters is 1. The van der Waals surface area contributed by atoms with E-state index < -0.39 is 5.97 Å². The summed E-state index contributed by atoms with van der Waals surface area (Å²) in [6.07, 6.45) is 8.02. The molecule has 1 fully saturated rings. The van der Waals surface area contributed by atoms with Crippen molar-refractivity contribution in [3.05, 3.63) is 70.3 Å². The van der Waals surface area contributed by atoms with Crippen LogP contribution in [0.1, 0.15) is 32.1 Å². The molecule has 0 amide bonds. The molecule has 0 atom stereocenters. The molecule has 0 aliphatic heterocycles. The van der Waals surface area contributed by atoms with Crippen LogP contribution in [0.2, 0.25) is 5.02 Å². The van der Waals surface area contributed by atoms with Gasteiger partial charge in [-0.05, 0) is 83.4 Å². The molecular weight excluding hydrogens is 558 g/mol. The van der Waals surface area contributed by atoms with Gasteiger partial charge in [-0.2, -0.15) is 0 Å². The van der Waals surface area contributed by atoms with Gasteiger partial charge < -0.3 is 19.5 Å². The van der Waals surface area contributed by atoms with Crippen LogP contribution in [-0.4, -0.2) is 35.1 Å². The Morgan fingerprint density at radius 1 is 1.08 bits per heavy atom. The minimum Gasteiger partial charge on any atom is -0.493 e. The number of fused-ring (bicyclic) bond motifs is 1. The van der Waals surface area contributed by atoms with Gasteiger partial charge in [-0.15, -0.1) is 0 Å². The highest BCUT2D eigenvalue weighted by molar-refractivity contribution is 9.10. The Kier molecular flexibility index (Phi) is 7.86. The number of hydrogen-bond acceptors (Lipinski definition) is 6. The maximum absolute atomic E-state index is 12.4. The number of methoxy groups -OCH3 is 1. The lowest BCUT2D eigenvalue weighted by Crippen LogP contribution is -2.23. The van der Waals surface area contributed by atoms with Crippen LogP contribution in [0, 0.1) is 0 Å². The summed E-state index contributed by atoms with van der Waals surface area (Å²) < 4.78 is 19.6. The van der Waals surface area contributed by atoms with Crippen molar-refractivity contribution in [2.45, 2.75) is 38.1 Å². The van der Waals surface area contributed by atoms with E-state index in [1.54, 1.807) is 37.4 Å². The average molecular weight is 585 g/mol. The van der Waals surface area contributed by atoms with Crippen molar-refractivity contribution in [3.8, 4) is 28.5 Å². The molecule has 7 nitrogen and oxygen atoms in total. The second-order valence-electron chi connectivity index (χ2n) is 8.95. The van der Waals surface area contributed by atoms with Crippen molar-refractivity contribution in [2.24, 2.45) is 0 Å². The predicted molar refractivity (Wildman–Crippen MR) is 148 cm³/mol. The lowest BCUT2D eigenvalue weighted by molar-refractivity contribution is -0.136. The Balaban J connectivity index is 1.39. The van der Waals surface area contributed by atoms with E-state index in [1.165, 1.54) is 19.3 Å². The lowest BCUT2D eigenvalue weighted by Gasteiger charge is -2.24. The molecule has 2 aromatic carbocycles. The van der Waals surface area contributed by atoms with Crippen molar-refractivity contribution in [3.63, 3.8) is 0 Å². The van der Waals surface area contributed by atoms with Gasteiger partial charge in [-0.3, -0.25) is 4.40 Å². The number of nitrogens with one attached hydrogen (secondary N) is 1. The van der Waals surface area contributed by atoms with Gasteiger partial charge in [0.25, 0.3) is 0 Å². The number of anilines is 1. The van der Waals surface area contributed by atoms with Crippen LogP contribution >= 0.6 is 27.5 Å². The van der Waals surface area contributed by atoms with Crippen molar-refractivity contribution >= 4 is 45.0 Å². The highest BCUT2D eigenvalue weighted by atomic mass is 79.9. The number of aromatic nitrogens is 2. The number of hydrogen-bond donors (Lipinski definition) is 1. The van der Waals surface area contributed by atoms with E-state index in [2.05, 4.69) is 25.6 Å². The van der Waals surface area contributed by atoms with Crippen LogP contribution in [0.15, 0.2) is 65.3 Å². The molecule has 1 aliphatic rings. The first kappa shape index (κ1) is 25.4. The summed E-state index contributed by atoms with van der Waals surface area (Å²) in [7, 11) is 1.54. The molecule has 5 rings (SSSR count). The molecule has 0 saturated heterocycles. The molecule has 0 radical (unpaired) electrons. The zero-order chi connectivity index (χ0) is 25.8. The monoisotopic (exact) mass is 583 g/mol. The van der Waals surface area contributed by atoms with Gasteiger partial charge >= 0.3 is 5.97 Å². The molecular formula is C28H27BrClN3O4. The number of carbonyl (C=O) groups is 1. The van der Waals surface area contributed by atoms with Gasteiger partial charge in [-0.1, -0.05) is 30.9 Å². The van der Waals surface area contributed by atoms with E-state index in [0.717, 1.165) is 40.0 Å². The quantitative estimate of drug-likeness (QED) is 0.175. The molecule has 1 aliphatic carbocycles. The SMILES string of the molecule is COc1cc(-c2nc3ccc(Br)cn3c2NC2CCCCC2)ccc1OC(=O)COc1ccc(Cl)cc1. The standard InChI is InChI=1S/C28H27BrClN3O4/c1-35-24-15-18(7-13-23(24)37-26(34)17-36-22-11-9-20(30)10-12-22)27-28(31-21-5-3-2-4-6-21)33-16-19(29)8-14-25(33)32-27/h7-16,21,31H,2-6,17H2,1H3. The molecule has 1 N–H and O–H groups in total. The van der Waals surface area contributed by atoms with E-state index in [0.29, 0.717) is 28.3 Å². The fourth-order valence-electron chi connectivity index (χ4n) is 4.52. The third-order valence-electron chi connectivity index (χ3n) is 6.36. The number of imidazole rings is 1. The van der Waals surface area contributed by atoms with E-state index in [-0.39, 0.29) is 6.61 Å². The average Bonchev–Trinajstić information content (AvgIpc) is 3.26. The molecule has 0 unspecified atom stereocenters. The number of benzene rings is 2. The summed E-state index contributed by atoms with van der Waals surface area (Å²) in [5.74, 6) is 1.66. The zero-order valence-electron chi connectivity index (χ0n) is 20.4. The van der Waals surface area contributed by atoms with Crippen LogP contribution < -0.4 is 19.5 Å². The maximum atomic E-state index is 12.4. The minimum atomic E-state index is -0.543. The largest absolute Gasteiger partial charge is 0.493 e. The summed E-state index contributed by atoms with van der Waals surface area (Å²) in [5.41, 5.74) is 2.50. The summed E-state index contributed by atoms with van der Waals surface area (Å²) >= 11 is 9.47. The van der Waals surface area contributed by atoms with Crippen LogP contribution in [0.5, 0.6) is 17.2 Å². The molecule has 2 heterocycles. The van der Waals surface area contributed by atoms with Crippen LogP contribution in [0.25, 0.3) is 16.9 Å². The summed E-state index contributed by atoms with van der Waals surface area (Å²) in [5, 5.41) is 4.34. The van der Waals surface area contributed by atoms with E-state index in [9.17, 15) is 4.79 Å². The van der Waals surface area contributed by atoms with E-state index in [4.69, 9.17) is 30.8 Å². The number of rotatable bonds is 8. The number of halogens is 2. The molecule has 0 spiro atoms.